The third-order valence-electron chi connectivity index (χ3n) is 5.62. The SMILES string of the molecule is Cn1c(CN2CCC[C@@H](c3ccc(C(=O)O)cc3)C2)cc2cc(F)ccc21. The van der Waals surface area contributed by atoms with Gasteiger partial charge in [-0.2, -0.15) is 0 Å². The Balaban J connectivity index is 1.50. The van der Waals surface area contributed by atoms with Gasteiger partial charge in [0, 0.05) is 36.7 Å². The molecule has 1 saturated heterocycles. The molecule has 1 atom stereocenters. The molecule has 0 saturated carbocycles. The summed E-state index contributed by atoms with van der Waals surface area (Å²) >= 11 is 0. The van der Waals surface area contributed by atoms with Crippen LogP contribution in [-0.2, 0) is 13.6 Å². The average molecular weight is 366 g/mol. The first kappa shape index (κ1) is 17.7. The number of aromatic nitrogens is 1. The van der Waals surface area contributed by atoms with Crippen LogP contribution in [0.3, 0.4) is 0 Å². The molecule has 27 heavy (non-hydrogen) atoms. The molecular formula is C22H23FN2O2. The Morgan fingerprint density at radius 2 is 1.96 bits per heavy atom. The minimum atomic E-state index is -0.890. The molecule has 0 radical (unpaired) electrons. The van der Waals surface area contributed by atoms with Crippen molar-refractivity contribution in [2.24, 2.45) is 7.05 Å². The van der Waals surface area contributed by atoms with Gasteiger partial charge in [-0.15, -0.1) is 0 Å². The monoisotopic (exact) mass is 366 g/mol. The number of aromatic carboxylic acids is 1. The first-order chi connectivity index (χ1) is 13.0. The fourth-order valence-corrected chi connectivity index (χ4v) is 4.13. The molecule has 1 fully saturated rings. The number of rotatable bonds is 4. The van der Waals surface area contributed by atoms with Crippen LogP contribution >= 0.6 is 0 Å². The largest absolute Gasteiger partial charge is 0.478 e. The van der Waals surface area contributed by atoms with Crippen molar-refractivity contribution in [3.63, 3.8) is 0 Å². The van der Waals surface area contributed by atoms with Crippen molar-refractivity contribution >= 4 is 16.9 Å². The zero-order valence-corrected chi connectivity index (χ0v) is 15.4. The van der Waals surface area contributed by atoms with E-state index in [1.54, 1.807) is 18.2 Å². The number of halogens is 1. The second-order valence-electron chi connectivity index (χ2n) is 7.40. The molecule has 1 aromatic heterocycles. The number of likely N-dealkylation sites (tertiary alicyclic amines) is 1. The maximum Gasteiger partial charge on any atom is 0.335 e. The maximum absolute atomic E-state index is 13.5. The molecule has 0 bridgehead atoms. The summed E-state index contributed by atoms with van der Waals surface area (Å²) in [6.07, 6.45) is 2.23. The fourth-order valence-electron chi connectivity index (χ4n) is 4.13. The van der Waals surface area contributed by atoms with E-state index in [0.29, 0.717) is 11.5 Å². The molecule has 2 aromatic carbocycles. The van der Waals surface area contributed by atoms with Crippen LogP contribution in [-0.4, -0.2) is 33.6 Å². The maximum atomic E-state index is 13.5. The van der Waals surface area contributed by atoms with Gasteiger partial charge < -0.3 is 9.67 Å². The Labute approximate surface area is 157 Å². The van der Waals surface area contributed by atoms with Gasteiger partial charge in [-0.1, -0.05) is 12.1 Å². The number of benzene rings is 2. The number of hydrogen-bond donors (Lipinski definition) is 1. The van der Waals surface area contributed by atoms with Crippen LogP contribution in [0.4, 0.5) is 4.39 Å². The Morgan fingerprint density at radius 1 is 1.19 bits per heavy atom. The number of hydrogen-bond acceptors (Lipinski definition) is 2. The number of piperidine rings is 1. The van der Waals surface area contributed by atoms with Gasteiger partial charge in [0.05, 0.1) is 5.56 Å². The highest BCUT2D eigenvalue weighted by molar-refractivity contribution is 5.87. The lowest BCUT2D eigenvalue weighted by atomic mass is 9.90. The van der Waals surface area contributed by atoms with E-state index in [4.69, 9.17) is 5.11 Å². The Kier molecular flexibility index (Phi) is 4.70. The second-order valence-corrected chi connectivity index (χ2v) is 7.40. The molecule has 4 rings (SSSR count). The van der Waals surface area contributed by atoms with Gasteiger partial charge in [-0.3, -0.25) is 4.90 Å². The predicted octanol–water partition coefficient (Wildman–Crippen LogP) is 4.40. The summed E-state index contributed by atoms with van der Waals surface area (Å²) in [4.78, 5) is 13.5. The van der Waals surface area contributed by atoms with Gasteiger partial charge in [0.1, 0.15) is 5.82 Å². The molecule has 5 heteroatoms. The van der Waals surface area contributed by atoms with Crippen molar-refractivity contribution in [1.29, 1.82) is 0 Å². The van der Waals surface area contributed by atoms with Crippen LogP contribution in [0.25, 0.3) is 10.9 Å². The first-order valence-corrected chi connectivity index (χ1v) is 9.31. The molecule has 0 spiro atoms. The lowest BCUT2D eigenvalue weighted by Crippen LogP contribution is -2.34. The van der Waals surface area contributed by atoms with Crippen LogP contribution in [0.1, 0.15) is 40.4 Å². The topological polar surface area (TPSA) is 45.5 Å². The molecule has 0 unspecified atom stereocenters. The van der Waals surface area contributed by atoms with E-state index in [2.05, 4.69) is 15.5 Å². The number of carbonyl (C=O) groups is 1. The fraction of sp³-hybridized carbons (Fsp3) is 0.318. The van der Waals surface area contributed by atoms with Crippen LogP contribution < -0.4 is 0 Å². The molecule has 0 amide bonds. The van der Waals surface area contributed by atoms with Crippen LogP contribution in [0.2, 0.25) is 0 Å². The quantitative estimate of drug-likeness (QED) is 0.745. The van der Waals surface area contributed by atoms with Gasteiger partial charge in [0.15, 0.2) is 0 Å². The lowest BCUT2D eigenvalue weighted by Gasteiger charge is -2.33. The van der Waals surface area contributed by atoms with Gasteiger partial charge in [0.25, 0.3) is 0 Å². The predicted molar refractivity (Wildman–Crippen MR) is 104 cm³/mol. The van der Waals surface area contributed by atoms with Crippen molar-refractivity contribution in [3.05, 3.63) is 71.2 Å². The van der Waals surface area contributed by atoms with Crippen molar-refractivity contribution in [3.8, 4) is 0 Å². The third-order valence-corrected chi connectivity index (χ3v) is 5.62. The average Bonchev–Trinajstić information content (AvgIpc) is 2.97. The van der Waals surface area contributed by atoms with E-state index >= 15 is 0 Å². The van der Waals surface area contributed by atoms with Gasteiger partial charge in [0.2, 0.25) is 0 Å². The van der Waals surface area contributed by atoms with Crippen molar-refractivity contribution in [2.45, 2.75) is 25.3 Å². The van der Waals surface area contributed by atoms with Crippen LogP contribution in [0.5, 0.6) is 0 Å². The molecule has 3 aromatic rings. The smallest absolute Gasteiger partial charge is 0.335 e. The zero-order chi connectivity index (χ0) is 19.0. The number of carboxylic acid groups (broad SMARTS) is 1. The lowest BCUT2D eigenvalue weighted by molar-refractivity contribution is 0.0697. The molecule has 4 nitrogen and oxygen atoms in total. The summed E-state index contributed by atoms with van der Waals surface area (Å²) in [6, 6.07) is 14.3. The van der Waals surface area contributed by atoms with E-state index in [1.165, 1.54) is 17.3 Å². The van der Waals surface area contributed by atoms with E-state index in [-0.39, 0.29) is 5.82 Å². The number of carboxylic acids is 1. The molecular weight excluding hydrogens is 343 g/mol. The Bertz CT molecular complexity index is 978. The summed E-state index contributed by atoms with van der Waals surface area (Å²) in [5.74, 6) is -0.685. The van der Waals surface area contributed by atoms with Crippen molar-refractivity contribution in [2.75, 3.05) is 13.1 Å². The summed E-state index contributed by atoms with van der Waals surface area (Å²) in [5, 5.41) is 10.00. The van der Waals surface area contributed by atoms with Crippen molar-refractivity contribution < 1.29 is 14.3 Å². The highest BCUT2D eigenvalue weighted by Crippen LogP contribution is 2.29. The highest BCUT2D eigenvalue weighted by atomic mass is 19.1. The number of aryl methyl sites for hydroxylation is 1. The van der Waals surface area contributed by atoms with E-state index in [9.17, 15) is 9.18 Å². The number of nitrogens with zero attached hydrogens (tertiary/aromatic N) is 2. The zero-order valence-electron chi connectivity index (χ0n) is 15.4. The minimum absolute atomic E-state index is 0.206. The van der Waals surface area contributed by atoms with Crippen LogP contribution in [0, 0.1) is 5.82 Å². The van der Waals surface area contributed by atoms with E-state index in [0.717, 1.165) is 43.4 Å². The molecule has 1 N–H and O–H groups in total. The normalized spacial score (nSPS) is 18.1. The van der Waals surface area contributed by atoms with Gasteiger partial charge >= 0.3 is 5.97 Å². The molecule has 140 valence electrons. The summed E-state index contributed by atoms with van der Waals surface area (Å²) in [5.41, 5.74) is 3.75. The summed E-state index contributed by atoms with van der Waals surface area (Å²) in [7, 11) is 2.03. The second kappa shape index (κ2) is 7.16. The molecule has 1 aliphatic rings. The standard InChI is InChI=1S/C22H23FN2O2/c1-24-20(12-18-11-19(23)8-9-21(18)24)14-25-10-2-3-17(13-25)15-4-6-16(7-5-15)22(26)27/h4-9,11-12,17H,2-3,10,13-14H2,1H3,(H,26,27)/t17-/m1/s1. The minimum Gasteiger partial charge on any atom is -0.478 e. The Morgan fingerprint density at radius 3 is 2.70 bits per heavy atom. The van der Waals surface area contributed by atoms with E-state index in [1.807, 2.05) is 25.2 Å². The van der Waals surface area contributed by atoms with Crippen molar-refractivity contribution in [1.82, 2.24) is 9.47 Å². The molecule has 2 heterocycles. The van der Waals surface area contributed by atoms with Crippen LogP contribution in [0.15, 0.2) is 48.5 Å². The molecule has 1 aliphatic heterocycles. The van der Waals surface area contributed by atoms with Gasteiger partial charge in [-0.05, 0) is 67.3 Å². The summed E-state index contributed by atoms with van der Waals surface area (Å²) < 4.78 is 15.6. The third kappa shape index (κ3) is 3.60. The number of fused-ring (bicyclic) bond motifs is 1. The molecule has 0 aliphatic carbocycles. The first-order valence-electron chi connectivity index (χ1n) is 9.31. The van der Waals surface area contributed by atoms with E-state index < -0.39 is 5.97 Å². The summed E-state index contributed by atoms with van der Waals surface area (Å²) in [6.45, 7) is 2.82. The van der Waals surface area contributed by atoms with Gasteiger partial charge in [-0.25, -0.2) is 9.18 Å². The highest BCUT2D eigenvalue weighted by Gasteiger charge is 2.22. The Hall–Kier alpha value is -2.66.